The van der Waals surface area contributed by atoms with E-state index in [1.807, 2.05) is 13.8 Å². The van der Waals surface area contributed by atoms with Gasteiger partial charge in [0.25, 0.3) is 0 Å². The van der Waals surface area contributed by atoms with Gasteiger partial charge < -0.3 is 15.0 Å². The normalized spacial score (nSPS) is 20.4. The summed E-state index contributed by atoms with van der Waals surface area (Å²) in [5.41, 5.74) is -0.528. The number of carbonyl (C=O) groups is 2. The maximum atomic E-state index is 13.9. The highest BCUT2D eigenvalue weighted by Gasteiger charge is 2.47. The van der Waals surface area contributed by atoms with E-state index < -0.39 is 5.54 Å². The third-order valence-electron chi connectivity index (χ3n) is 4.56. The molecule has 1 aliphatic heterocycles. The number of halogens is 1. The van der Waals surface area contributed by atoms with Crippen molar-refractivity contribution in [2.24, 2.45) is 0 Å². The van der Waals surface area contributed by atoms with Gasteiger partial charge in [0.05, 0.1) is 6.10 Å². The van der Waals surface area contributed by atoms with Gasteiger partial charge in [-0.05, 0) is 39.7 Å². The second-order valence-electron chi connectivity index (χ2n) is 6.87. The third-order valence-corrected chi connectivity index (χ3v) is 4.56. The third kappa shape index (κ3) is 4.78. The van der Waals surface area contributed by atoms with Gasteiger partial charge in [0.1, 0.15) is 11.4 Å². The van der Waals surface area contributed by atoms with Gasteiger partial charge in [-0.2, -0.15) is 0 Å². The van der Waals surface area contributed by atoms with Crippen LogP contribution >= 0.6 is 0 Å². The number of nitrogens with one attached hydrogen (secondary N) is 1. The van der Waals surface area contributed by atoms with Crippen LogP contribution in [0, 0.1) is 5.82 Å². The fraction of sp³-hybridized carbons (Fsp3) is 0.579. The summed E-state index contributed by atoms with van der Waals surface area (Å²) < 4.78 is 19.4. The Balaban J connectivity index is 1.98. The molecule has 1 N–H and O–H groups in total. The number of benzene rings is 1. The molecule has 1 unspecified atom stereocenters. The summed E-state index contributed by atoms with van der Waals surface area (Å²) in [5, 5.41) is 2.88. The Labute approximate surface area is 148 Å². The first-order chi connectivity index (χ1) is 11.8. The molecule has 1 aromatic rings. The van der Waals surface area contributed by atoms with Crippen molar-refractivity contribution in [3.05, 3.63) is 35.6 Å². The molecule has 0 bridgehead atoms. The monoisotopic (exact) mass is 350 g/mol. The standard InChI is InChI=1S/C19H27FN2O3/c1-14(2)25-12-6-11-21-18(24)19(3)10-9-17(23)22(19)13-15-7-4-5-8-16(15)20/h4-5,7-8,14H,6,9-13H2,1-3H3,(H,21,24). The molecule has 1 aliphatic rings. The van der Waals surface area contributed by atoms with E-state index in [9.17, 15) is 14.0 Å². The predicted octanol–water partition coefficient (Wildman–Crippen LogP) is 2.64. The Hall–Kier alpha value is -1.95. The van der Waals surface area contributed by atoms with Crippen molar-refractivity contribution in [2.45, 2.75) is 58.2 Å². The molecule has 2 amide bonds. The van der Waals surface area contributed by atoms with Gasteiger partial charge in [-0.25, -0.2) is 4.39 Å². The molecule has 5 nitrogen and oxygen atoms in total. The second-order valence-corrected chi connectivity index (χ2v) is 6.87. The minimum atomic E-state index is -0.946. The Morgan fingerprint density at radius 1 is 1.40 bits per heavy atom. The summed E-state index contributed by atoms with van der Waals surface area (Å²) in [4.78, 5) is 26.4. The number of likely N-dealkylation sites (tertiary alicyclic amines) is 1. The zero-order valence-electron chi connectivity index (χ0n) is 15.2. The van der Waals surface area contributed by atoms with Crippen molar-refractivity contribution in [3.8, 4) is 0 Å². The van der Waals surface area contributed by atoms with E-state index in [1.54, 1.807) is 25.1 Å². The number of nitrogens with zero attached hydrogens (tertiary/aromatic N) is 1. The van der Waals surface area contributed by atoms with Crippen LogP contribution in [0.1, 0.15) is 45.6 Å². The van der Waals surface area contributed by atoms with Crippen molar-refractivity contribution in [2.75, 3.05) is 13.2 Å². The summed E-state index contributed by atoms with van der Waals surface area (Å²) in [5.74, 6) is -0.681. The van der Waals surface area contributed by atoms with Crippen LogP contribution in [0.25, 0.3) is 0 Å². The van der Waals surface area contributed by atoms with E-state index in [4.69, 9.17) is 4.74 Å². The number of amides is 2. The second kappa shape index (κ2) is 8.43. The molecule has 6 heteroatoms. The molecule has 0 saturated carbocycles. The quantitative estimate of drug-likeness (QED) is 0.733. The lowest BCUT2D eigenvalue weighted by molar-refractivity contribution is -0.141. The first kappa shape index (κ1) is 19.4. The fourth-order valence-electron chi connectivity index (χ4n) is 2.97. The maximum Gasteiger partial charge on any atom is 0.245 e. The van der Waals surface area contributed by atoms with Gasteiger partial charge in [-0.15, -0.1) is 0 Å². The van der Waals surface area contributed by atoms with Gasteiger partial charge in [0, 0.05) is 31.7 Å². The van der Waals surface area contributed by atoms with Crippen molar-refractivity contribution in [3.63, 3.8) is 0 Å². The Kier molecular flexibility index (Phi) is 6.53. The van der Waals surface area contributed by atoms with Crippen molar-refractivity contribution >= 4 is 11.8 Å². The van der Waals surface area contributed by atoms with E-state index >= 15 is 0 Å². The summed E-state index contributed by atoms with van der Waals surface area (Å²) in [6, 6.07) is 6.34. The lowest BCUT2D eigenvalue weighted by Gasteiger charge is -2.34. The Bertz CT molecular complexity index is 620. The lowest BCUT2D eigenvalue weighted by atomic mass is 9.97. The van der Waals surface area contributed by atoms with Gasteiger partial charge in [0.15, 0.2) is 0 Å². The molecule has 138 valence electrons. The zero-order valence-corrected chi connectivity index (χ0v) is 15.2. The van der Waals surface area contributed by atoms with Gasteiger partial charge in [0.2, 0.25) is 11.8 Å². The molecule has 0 radical (unpaired) electrons. The van der Waals surface area contributed by atoms with Crippen LogP contribution in [0.3, 0.4) is 0 Å². The smallest absolute Gasteiger partial charge is 0.245 e. The van der Waals surface area contributed by atoms with Crippen LogP contribution in [0.2, 0.25) is 0 Å². The molecule has 0 spiro atoms. The molecule has 1 atom stereocenters. The molecule has 1 heterocycles. The lowest BCUT2D eigenvalue weighted by Crippen LogP contribution is -2.54. The first-order valence-corrected chi connectivity index (χ1v) is 8.78. The predicted molar refractivity (Wildman–Crippen MR) is 93.3 cm³/mol. The van der Waals surface area contributed by atoms with Crippen LogP contribution in [0.5, 0.6) is 0 Å². The van der Waals surface area contributed by atoms with Crippen molar-refractivity contribution in [1.29, 1.82) is 0 Å². The van der Waals surface area contributed by atoms with E-state index in [0.717, 1.165) is 0 Å². The molecule has 25 heavy (non-hydrogen) atoms. The van der Waals surface area contributed by atoms with E-state index in [2.05, 4.69) is 5.32 Å². The molecule has 0 aromatic heterocycles. The summed E-state index contributed by atoms with van der Waals surface area (Å²) in [6.45, 7) is 6.84. The summed E-state index contributed by atoms with van der Waals surface area (Å²) >= 11 is 0. The molecule has 1 saturated heterocycles. The number of ether oxygens (including phenoxy) is 1. The van der Waals surface area contributed by atoms with Crippen molar-refractivity contribution in [1.82, 2.24) is 10.2 Å². The molecular formula is C19H27FN2O3. The summed E-state index contributed by atoms with van der Waals surface area (Å²) in [6.07, 6.45) is 1.61. The SMILES string of the molecule is CC(C)OCCCNC(=O)C1(C)CCC(=O)N1Cc1ccccc1F. The molecule has 1 aromatic carbocycles. The highest BCUT2D eigenvalue weighted by molar-refractivity contribution is 5.94. The molecule has 2 rings (SSSR count). The minimum absolute atomic E-state index is 0.103. The van der Waals surface area contributed by atoms with Crippen LogP contribution in [0.15, 0.2) is 24.3 Å². The van der Waals surface area contributed by atoms with Crippen LogP contribution in [-0.4, -0.2) is 41.5 Å². The van der Waals surface area contributed by atoms with Crippen LogP contribution < -0.4 is 5.32 Å². The highest BCUT2D eigenvalue weighted by Crippen LogP contribution is 2.32. The van der Waals surface area contributed by atoms with Gasteiger partial charge in [-0.1, -0.05) is 18.2 Å². The summed E-state index contributed by atoms with van der Waals surface area (Å²) in [7, 11) is 0. The van der Waals surface area contributed by atoms with E-state index in [-0.39, 0.29) is 30.3 Å². The number of carbonyl (C=O) groups excluding carboxylic acids is 2. The van der Waals surface area contributed by atoms with Crippen LogP contribution in [-0.2, 0) is 20.9 Å². The average molecular weight is 350 g/mol. The zero-order chi connectivity index (χ0) is 18.4. The average Bonchev–Trinajstić information content (AvgIpc) is 2.85. The molecule has 1 fully saturated rings. The number of rotatable bonds is 8. The highest BCUT2D eigenvalue weighted by atomic mass is 19.1. The maximum absolute atomic E-state index is 13.9. The van der Waals surface area contributed by atoms with E-state index in [0.29, 0.717) is 38.0 Å². The largest absolute Gasteiger partial charge is 0.379 e. The molecular weight excluding hydrogens is 323 g/mol. The Morgan fingerprint density at radius 3 is 2.80 bits per heavy atom. The van der Waals surface area contributed by atoms with Crippen molar-refractivity contribution < 1.29 is 18.7 Å². The first-order valence-electron chi connectivity index (χ1n) is 8.78. The minimum Gasteiger partial charge on any atom is -0.379 e. The van der Waals surface area contributed by atoms with Gasteiger partial charge >= 0.3 is 0 Å². The fourth-order valence-corrected chi connectivity index (χ4v) is 2.97. The van der Waals surface area contributed by atoms with Crippen LogP contribution in [0.4, 0.5) is 4.39 Å². The van der Waals surface area contributed by atoms with Gasteiger partial charge in [-0.3, -0.25) is 9.59 Å². The topological polar surface area (TPSA) is 58.6 Å². The molecule has 0 aliphatic carbocycles. The number of hydrogen-bond acceptors (Lipinski definition) is 3. The Morgan fingerprint density at radius 2 is 2.12 bits per heavy atom. The van der Waals surface area contributed by atoms with E-state index in [1.165, 1.54) is 11.0 Å². The number of hydrogen-bond donors (Lipinski definition) is 1.